The highest BCUT2D eigenvalue weighted by Crippen LogP contribution is 2.20. The van der Waals surface area contributed by atoms with Crippen LogP contribution in [-0.4, -0.2) is 33.7 Å². The van der Waals surface area contributed by atoms with Gasteiger partial charge >= 0.3 is 0 Å². The summed E-state index contributed by atoms with van der Waals surface area (Å²) in [6.45, 7) is 1.81. The predicted molar refractivity (Wildman–Crippen MR) is 118 cm³/mol. The van der Waals surface area contributed by atoms with Crippen molar-refractivity contribution in [2.24, 2.45) is 0 Å². The lowest BCUT2D eigenvalue weighted by molar-refractivity contribution is -0.384. The Hall–Kier alpha value is -1.99. The van der Waals surface area contributed by atoms with E-state index in [4.69, 9.17) is 0 Å². The Bertz CT molecular complexity index is 606. The summed E-state index contributed by atoms with van der Waals surface area (Å²) >= 11 is 0. The number of amides is 1. The van der Waals surface area contributed by atoms with Crippen LogP contribution in [0.1, 0.15) is 95.6 Å². The van der Waals surface area contributed by atoms with E-state index in [9.17, 15) is 25.1 Å². The number of unbranched alkanes of at least 4 members (excludes halogenated alkanes) is 10. The second-order valence-electron chi connectivity index (χ2n) is 7.94. The molecular formula is C23H38N2O5. The summed E-state index contributed by atoms with van der Waals surface area (Å²) in [5.74, 6) is -0.203. The second kappa shape index (κ2) is 15.8. The van der Waals surface area contributed by atoms with Gasteiger partial charge in [-0.05, 0) is 24.1 Å². The lowest BCUT2D eigenvalue weighted by atomic mass is 10.0. The predicted octanol–water partition coefficient (Wildman–Crippen LogP) is 4.81. The number of nitrogens with zero attached hydrogens (tertiary/aromatic N) is 1. The number of hydrogen-bond donors (Lipinski definition) is 3. The van der Waals surface area contributed by atoms with Crippen molar-refractivity contribution in [3.63, 3.8) is 0 Å². The van der Waals surface area contributed by atoms with Crippen LogP contribution in [0.3, 0.4) is 0 Å². The zero-order chi connectivity index (χ0) is 22.2. The quantitative estimate of drug-likeness (QED) is 0.189. The second-order valence-corrected chi connectivity index (χ2v) is 7.94. The van der Waals surface area contributed by atoms with Crippen LogP contribution in [0, 0.1) is 10.1 Å². The van der Waals surface area contributed by atoms with Crippen LogP contribution in [0.4, 0.5) is 5.69 Å². The Morgan fingerprint density at radius 2 is 1.47 bits per heavy atom. The minimum atomic E-state index is -1.13. The molecule has 0 heterocycles. The Balaban J connectivity index is 2.20. The number of carbonyl (C=O) groups excluding carboxylic acids is 1. The molecule has 1 amide bonds. The molecule has 0 aliphatic rings. The van der Waals surface area contributed by atoms with Crippen LogP contribution in [0.25, 0.3) is 0 Å². The molecule has 0 radical (unpaired) electrons. The number of carbonyl (C=O) groups is 1. The van der Waals surface area contributed by atoms with E-state index in [-0.39, 0.29) is 11.6 Å². The van der Waals surface area contributed by atoms with Crippen LogP contribution < -0.4 is 5.32 Å². The van der Waals surface area contributed by atoms with E-state index in [2.05, 4.69) is 12.2 Å². The van der Waals surface area contributed by atoms with Gasteiger partial charge in [-0.3, -0.25) is 14.9 Å². The van der Waals surface area contributed by atoms with Crippen molar-refractivity contribution in [2.75, 3.05) is 6.61 Å². The molecule has 1 aromatic carbocycles. The van der Waals surface area contributed by atoms with Gasteiger partial charge in [-0.1, -0.05) is 71.1 Å². The number of nitro benzene ring substituents is 1. The first kappa shape index (κ1) is 26.0. The molecule has 30 heavy (non-hydrogen) atoms. The first-order valence-corrected chi connectivity index (χ1v) is 11.3. The largest absolute Gasteiger partial charge is 0.394 e. The molecule has 0 saturated carbocycles. The van der Waals surface area contributed by atoms with Crippen molar-refractivity contribution in [3.05, 3.63) is 39.9 Å². The van der Waals surface area contributed by atoms with Gasteiger partial charge in [0.25, 0.3) is 5.69 Å². The van der Waals surface area contributed by atoms with Gasteiger partial charge in [0.2, 0.25) is 5.91 Å². The van der Waals surface area contributed by atoms with E-state index in [1.807, 2.05) is 0 Å². The van der Waals surface area contributed by atoms with E-state index in [1.54, 1.807) is 0 Å². The van der Waals surface area contributed by atoms with Gasteiger partial charge in [0.05, 0.1) is 17.6 Å². The summed E-state index contributed by atoms with van der Waals surface area (Å²) in [5, 5.41) is 33.3. The van der Waals surface area contributed by atoms with Crippen LogP contribution in [-0.2, 0) is 4.79 Å². The van der Waals surface area contributed by atoms with Crippen molar-refractivity contribution >= 4 is 11.6 Å². The summed E-state index contributed by atoms with van der Waals surface area (Å²) in [7, 11) is 0. The third-order valence-corrected chi connectivity index (χ3v) is 5.38. The van der Waals surface area contributed by atoms with Gasteiger partial charge < -0.3 is 15.5 Å². The number of nitrogens with one attached hydrogen (secondary N) is 1. The van der Waals surface area contributed by atoms with Gasteiger partial charge in [0.15, 0.2) is 0 Å². The average molecular weight is 423 g/mol. The van der Waals surface area contributed by atoms with Crippen molar-refractivity contribution in [1.82, 2.24) is 5.32 Å². The van der Waals surface area contributed by atoms with Gasteiger partial charge in [0.1, 0.15) is 6.10 Å². The standard InChI is InChI=1S/C23H38N2O5/c1-2-3-4-5-6-7-8-9-10-11-12-13-22(27)24-21(18-26)23(28)19-14-16-20(17-15-19)25(29)30/h14-17,21,23,26,28H,2-13,18H2,1H3,(H,24,27)/t21-,23+/m1/s1. The third kappa shape index (κ3) is 10.7. The first-order chi connectivity index (χ1) is 14.5. The lowest BCUT2D eigenvalue weighted by Crippen LogP contribution is -2.41. The van der Waals surface area contributed by atoms with E-state index in [0.29, 0.717) is 12.0 Å². The molecule has 7 nitrogen and oxygen atoms in total. The molecule has 1 aromatic rings. The molecule has 0 aliphatic heterocycles. The molecule has 7 heteroatoms. The zero-order valence-electron chi connectivity index (χ0n) is 18.2. The molecule has 0 unspecified atom stereocenters. The van der Waals surface area contributed by atoms with E-state index < -0.39 is 23.7 Å². The Morgan fingerprint density at radius 1 is 0.967 bits per heavy atom. The summed E-state index contributed by atoms with van der Waals surface area (Å²) < 4.78 is 0. The van der Waals surface area contributed by atoms with Crippen molar-refractivity contribution in [3.8, 4) is 0 Å². The molecular weight excluding hydrogens is 384 g/mol. The van der Waals surface area contributed by atoms with E-state index in [0.717, 1.165) is 19.3 Å². The molecule has 0 saturated heterocycles. The maximum atomic E-state index is 12.1. The molecule has 0 aromatic heterocycles. The van der Waals surface area contributed by atoms with Gasteiger partial charge in [-0.15, -0.1) is 0 Å². The molecule has 2 atom stereocenters. The fourth-order valence-corrected chi connectivity index (χ4v) is 3.48. The molecule has 0 aliphatic carbocycles. The van der Waals surface area contributed by atoms with Crippen molar-refractivity contribution in [1.29, 1.82) is 0 Å². The molecule has 0 bridgehead atoms. The van der Waals surface area contributed by atoms with Crippen molar-refractivity contribution < 1.29 is 19.9 Å². The number of non-ortho nitro benzene ring substituents is 1. The number of aliphatic hydroxyl groups is 2. The minimum absolute atomic E-state index is 0.0768. The fourth-order valence-electron chi connectivity index (χ4n) is 3.48. The first-order valence-electron chi connectivity index (χ1n) is 11.3. The minimum Gasteiger partial charge on any atom is -0.394 e. The number of hydrogen-bond acceptors (Lipinski definition) is 5. The van der Waals surface area contributed by atoms with Gasteiger partial charge in [-0.2, -0.15) is 0 Å². The topological polar surface area (TPSA) is 113 Å². The monoisotopic (exact) mass is 422 g/mol. The van der Waals surface area contributed by atoms with Gasteiger partial charge in [-0.25, -0.2) is 0 Å². The Kier molecular flexibility index (Phi) is 13.7. The average Bonchev–Trinajstić information content (AvgIpc) is 2.75. The lowest BCUT2D eigenvalue weighted by Gasteiger charge is -2.22. The third-order valence-electron chi connectivity index (χ3n) is 5.38. The molecule has 3 N–H and O–H groups in total. The van der Waals surface area contributed by atoms with Crippen LogP contribution in [0.2, 0.25) is 0 Å². The summed E-state index contributed by atoms with van der Waals surface area (Å²) in [5.41, 5.74) is 0.335. The fraction of sp³-hybridized carbons (Fsp3) is 0.696. The maximum Gasteiger partial charge on any atom is 0.269 e. The summed E-state index contributed by atoms with van der Waals surface area (Å²) in [4.78, 5) is 22.3. The van der Waals surface area contributed by atoms with Crippen LogP contribution in [0.5, 0.6) is 0 Å². The summed E-state index contributed by atoms with van der Waals surface area (Å²) in [6, 6.07) is 4.61. The molecule has 0 spiro atoms. The number of nitro groups is 1. The van der Waals surface area contributed by atoms with Crippen LogP contribution in [0.15, 0.2) is 24.3 Å². The summed E-state index contributed by atoms with van der Waals surface area (Å²) in [6.07, 6.45) is 12.5. The smallest absolute Gasteiger partial charge is 0.269 e. The van der Waals surface area contributed by atoms with Gasteiger partial charge in [0, 0.05) is 18.6 Å². The highest BCUT2D eigenvalue weighted by molar-refractivity contribution is 5.76. The van der Waals surface area contributed by atoms with Crippen molar-refractivity contribution in [2.45, 2.75) is 96.1 Å². The zero-order valence-corrected chi connectivity index (χ0v) is 18.2. The Labute approximate surface area is 180 Å². The van der Waals surface area contributed by atoms with E-state index >= 15 is 0 Å². The highest BCUT2D eigenvalue weighted by Gasteiger charge is 2.22. The van der Waals surface area contributed by atoms with Crippen LogP contribution >= 0.6 is 0 Å². The molecule has 170 valence electrons. The van der Waals surface area contributed by atoms with E-state index in [1.165, 1.54) is 75.6 Å². The Morgan fingerprint density at radius 3 is 1.93 bits per heavy atom. The molecule has 0 fully saturated rings. The normalized spacial score (nSPS) is 13.0. The maximum absolute atomic E-state index is 12.1. The number of aliphatic hydroxyl groups excluding tert-OH is 2. The number of benzene rings is 1. The SMILES string of the molecule is CCCCCCCCCCCCCC(=O)N[C@H](CO)[C@@H](O)c1ccc([N+](=O)[O-])cc1. The molecule has 1 rings (SSSR count). The highest BCUT2D eigenvalue weighted by atomic mass is 16.6. The number of rotatable bonds is 17.